The van der Waals surface area contributed by atoms with E-state index in [2.05, 4.69) is 53.6 Å². The maximum absolute atomic E-state index is 4.77. The highest BCUT2D eigenvalue weighted by Crippen LogP contribution is 2.22. The zero-order chi connectivity index (χ0) is 13.8. The van der Waals surface area contributed by atoms with Crippen LogP contribution in [0.15, 0.2) is 47.5 Å². The number of thioether (sulfide) groups is 1. The average Bonchev–Trinajstić information content (AvgIpc) is 2.69. The van der Waals surface area contributed by atoms with Crippen molar-refractivity contribution in [1.82, 2.24) is 9.88 Å². The van der Waals surface area contributed by atoms with Crippen molar-refractivity contribution in [2.24, 2.45) is 0 Å². The molecule has 1 aliphatic rings. The Morgan fingerprint density at radius 1 is 1.15 bits per heavy atom. The number of fused-ring (bicyclic) bond motifs is 1. The van der Waals surface area contributed by atoms with Gasteiger partial charge in [-0.25, -0.2) is 4.98 Å². The monoisotopic (exact) mass is 284 g/mol. The maximum Gasteiger partial charge on any atom is 0.0960 e. The molecule has 0 fully saturated rings. The summed E-state index contributed by atoms with van der Waals surface area (Å²) in [5.41, 5.74) is 4.09. The smallest absolute Gasteiger partial charge is 0.0960 e. The van der Waals surface area contributed by atoms with Gasteiger partial charge in [-0.1, -0.05) is 36.4 Å². The Labute approximate surface area is 125 Å². The molecule has 1 aromatic carbocycles. The van der Waals surface area contributed by atoms with Gasteiger partial charge in [0.1, 0.15) is 0 Å². The summed E-state index contributed by atoms with van der Waals surface area (Å²) in [6.45, 7) is 3.20. The van der Waals surface area contributed by atoms with Crippen molar-refractivity contribution in [3.05, 3.63) is 59.3 Å². The van der Waals surface area contributed by atoms with Crippen molar-refractivity contribution < 1.29 is 0 Å². The number of benzene rings is 1. The van der Waals surface area contributed by atoms with Gasteiger partial charge in [-0.05, 0) is 42.8 Å². The van der Waals surface area contributed by atoms with Gasteiger partial charge in [0, 0.05) is 18.8 Å². The Balaban J connectivity index is 1.76. The fourth-order valence-electron chi connectivity index (χ4n) is 2.75. The second-order valence-corrected chi connectivity index (χ2v) is 6.09. The van der Waals surface area contributed by atoms with Gasteiger partial charge in [-0.3, -0.25) is 4.90 Å². The van der Waals surface area contributed by atoms with Crippen LogP contribution in [0.25, 0.3) is 0 Å². The predicted molar refractivity (Wildman–Crippen MR) is 84.9 cm³/mol. The van der Waals surface area contributed by atoms with Crippen LogP contribution >= 0.6 is 11.8 Å². The average molecular weight is 284 g/mol. The van der Waals surface area contributed by atoms with Gasteiger partial charge in [0.25, 0.3) is 0 Å². The normalized spacial score (nSPS) is 15.7. The summed E-state index contributed by atoms with van der Waals surface area (Å²) in [7, 11) is 0. The van der Waals surface area contributed by atoms with E-state index in [9.17, 15) is 0 Å². The highest BCUT2D eigenvalue weighted by atomic mass is 32.2. The molecule has 1 aliphatic heterocycles. The van der Waals surface area contributed by atoms with E-state index in [0.717, 1.165) is 31.1 Å². The van der Waals surface area contributed by atoms with Crippen molar-refractivity contribution >= 4 is 11.8 Å². The summed E-state index contributed by atoms with van der Waals surface area (Å²) < 4.78 is 0. The molecule has 1 aromatic heterocycles. The topological polar surface area (TPSA) is 16.1 Å². The highest BCUT2D eigenvalue weighted by Gasteiger charge is 2.15. The van der Waals surface area contributed by atoms with E-state index in [0.29, 0.717) is 0 Å². The second-order valence-electron chi connectivity index (χ2n) is 5.26. The van der Waals surface area contributed by atoms with E-state index in [1.54, 1.807) is 11.8 Å². The Morgan fingerprint density at radius 2 is 2.00 bits per heavy atom. The molecule has 2 heterocycles. The van der Waals surface area contributed by atoms with E-state index in [-0.39, 0.29) is 0 Å². The van der Waals surface area contributed by atoms with E-state index in [1.807, 2.05) is 0 Å². The number of pyridine rings is 1. The molecule has 2 nitrogen and oxygen atoms in total. The standard InChI is InChI=1S/C17H20N2S/c1-20-17-10-9-15-13-19(11-5-8-16(15)18-17)12-14-6-3-2-4-7-14/h2-4,6-7,9-10H,5,8,11-13H2,1H3. The summed E-state index contributed by atoms with van der Waals surface area (Å²) in [6, 6.07) is 15.1. The SMILES string of the molecule is CSc1ccc2c(n1)CCCN(Cc1ccccc1)C2. The van der Waals surface area contributed by atoms with Gasteiger partial charge >= 0.3 is 0 Å². The van der Waals surface area contributed by atoms with E-state index >= 15 is 0 Å². The number of hydrogen-bond donors (Lipinski definition) is 0. The lowest BCUT2D eigenvalue weighted by atomic mass is 10.1. The molecule has 0 spiro atoms. The van der Waals surface area contributed by atoms with E-state index in [1.165, 1.54) is 23.2 Å². The van der Waals surface area contributed by atoms with Crippen LogP contribution in [-0.2, 0) is 19.5 Å². The molecule has 0 bridgehead atoms. The van der Waals surface area contributed by atoms with E-state index < -0.39 is 0 Å². The molecule has 0 N–H and O–H groups in total. The number of aryl methyl sites for hydroxylation is 1. The third kappa shape index (κ3) is 3.22. The van der Waals surface area contributed by atoms with Crippen molar-refractivity contribution in [3.8, 4) is 0 Å². The lowest BCUT2D eigenvalue weighted by molar-refractivity contribution is 0.261. The molecule has 0 saturated heterocycles. The van der Waals surface area contributed by atoms with Gasteiger partial charge in [-0.15, -0.1) is 11.8 Å². The van der Waals surface area contributed by atoms with Crippen LogP contribution in [0.3, 0.4) is 0 Å². The molecular formula is C17H20N2S. The zero-order valence-corrected chi connectivity index (χ0v) is 12.7. The Morgan fingerprint density at radius 3 is 2.80 bits per heavy atom. The molecule has 104 valence electrons. The molecule has 20 heavy (non-hydrogen) atoms. The van der Waals surface area contributed by atoms with Crippen molar-refractivity contribution in [2.45, 2.75) is 31.0 Å². The molecule has 0 unspecified atom stereocenters. The van der Waals surface area contributed by atoms with Crippen LogP contribution in [0, 0.1) is 0 Å². The molecule has 2 aromatic rings. The minimum atomic E-state index is 1.02. The molecule has 0 amide bonds. The Kier molecular flexibility index (Phi) is 4.38. The summed E-state index contributed by atoms with van der Waals surface area (Å²) >= 11 is 1.73. The Hall–Kier alpha value is -1.32. The van der Waals surface area contributed by atoms with Crippen LogP contribution in [0.1, 0.15) is 23.2 Å². The van der Waals surface area contributed by atoms with E-state index in [4.69, 9.17) is 4.98 Å². The number of hydrogen-bond acceptors (Lipinski definition) is 3. The first kappa shape index (κ1) is 13.7. The lowest BCUT2D eigenvalue weighted by Gasteiger charge is -2.20. The lowest BCUT2D eigenvalue weighted by Crippen LogP contribution is -2.22. The third-order valence-corrected chi connectivity index (χ3v) is 4.43. The number of nitrogens with zero attached hydrogens (tertiary/aromatic N) is 2. The van der Waals surface area contributed by atoms with Crippen molar-refractivity contribution in [3.63, 3.8) is 0 Å². The fraction of sp³-hybridized carbons (Fsp3) is 0.353. The van der Waals surface area contributed by atoms with Gasteiger partial charge in [-0.2, -0.15) is 0 Å². The summed E-state index contributed by atoms with van der Waals surface area (Å²) in [5.74, 6) is 0. The predicted octanol–water partition coefficient (Wildman–Crippen LogP) is 3.75. The molecule has 0 aliphatic carbocycles. The van der Waals surface area contributed by atoms with Gasteiger partial charge < -0.3 is 0 Å². The summed E-state index contributed by atoms with van der Waals surface area (Å²) in [6.07, 6.45) is 4.40. The second kappa shape index (κ2) is 6.42. The first-order chi connectivity index (χ1) is 9.85. The minimum absolute atomic E-state index is 1.02. The highest BCUT2D eigenvalue weighted by molar-refractivity contribution is 7.98. The Bertz CT molecular complexity index is 568. The van der Waals surface area contributed by atoms with Crippen LogP contribution < -0.4 is 0 Å². The fourth-order valence-corrected chi connectivity index (χ4v) is 3.16. The molecule has 0 atom stereocenters. The van der Waals surface area contributed by atoms with Crippen LogP contribution in [0.4, 0.5) is 0 Å². The van der Waals surface area contributed by atoms with Gasteiger partial charge in [0.15, 0.2) is 0 Å². The van der Waals surface area contributed by atoms with Gasteiger partial charge in [0.2, 0.25) is 0 Å². The van der Waals surface area contributed by atoms with Crippen molar-refractivity contribution in [2.75, 3.05) is 12.8 Å². The zero-order valence-electron chi connectivity index (χ0n) is 11.9. The van der Waals surface area contributed by atoms with Crippen LogP contribution in [0.2, 0.25) is 0 Å². The van der Waals surface area contributed by atoms with Crippen LogP contribution in [0.5, 0.6) is 0 Å². The molecule has 0 radical (unpaired) electrons. The first-order valence-corrected chi connectivity index (χ1v) is 8.37. The number of rotatable bonds is 3. The van der Waals surface area contributed by atoms with Crippen molar-refractivity contribution in [1.29, 1.82) is 0 Å². The first-order valence-electron chi connectivity index (χ1n) is 7.14. The van der Waals surface area contributed by atoms with Gasteiger partial charge in [0.05, 0.1) is 5.03 Å². The molecular weight excluding hydrogens is 264 g/mol. The summed E-state index contributed by atoms with van der Waals surface area (Å²) in [5, 5.41) is 1.14. The maximum atomic E-state index is 4.77. The summed E-state index contributed by atoms with van der Waals surface area (Å²) in [4.78, 5) is 7.30. The minimum Gasteiger partial charge on any atom is -0.295 e. The largest absolute Gasteiger partial charge is 0.295 e. The quantitative estimate of drug-likeness (QED) is 0.799. The molecule has 3 heteroatoms. The molecule has 0 saturated carbocycles. The van der Waals surface area contributed by atoms with Crippen LogP contribution in [-0.4, -0.2) is 22.7 Å². The third-order valence-electron chi connectivity index (χ3n) is 3.78. The number of aromatic nitrogens is 1. The molecule has 3 rings (SSSR count).